The predicted octanol–water partition coefficient (Wildman–Crippen LogP) is 4.64. The molecule has 0 aliphatic rings. The third kappa shape index (κ3) is 3.46. The van der Waals surface area contributed by atoms with Gasteiger partial charge in [0.25, 0.3) is 5.91 Å². The maximum Gasteiger partial charge on any atom is 0.262 e. The van der Waals surface area contributed by atoms with Crippen LogP contribution in [0.2, 0.25) is 0 Å². The van der Waals surface area contributed by atoms with Crippen LogP contribution in [-0.4, -0.2) is 34.2 Å². The molecule has 4 aromatic rings. The molecule has 0 fully saturated rings. The molecule has 0 bridgehead atoms. The van der Waals surface area contributed by atoms with Crippen molar-refractivity contribution in [3.8, 4) is 17.3 Å². The summed E-state index contributed by atoms with van der Waals surface area (Å²) in [6.45, 7) is 1.78. The second-order valence-electron chi connectivity index (χ2n) is 5.80. The lowest BCUT2D eigenvalue weighted by Gasteiger charge is -2.10. The number of amides is 1. The van der Waals surface area contributed by atoms with Gasteiger partial charge in [0, 0.05) is 0 Å². The van der Waals surface area contributed by atoms with Gasteiger partial charge in [0.15, 0.2) is 16.7 Å². The molecule has 0 atom stereocenters. The molecule has 7 nitrogen and oxygen atoms in total. The summed E-state index contributed by atoms with van der Waals surface area (Å²) in [5.74, 6) is 1.47. The summed E-state index contributed by atoms with van der Waals surface area (Å²) in [5, 5.41) is 3.96. The number of thiazole rings is 1. The van der Waals surface area contributed by atoms with E-state index >= 15 is 0 Å². The second kappa shape index (κ2) is 7.61. The second-order valence-corrected chi connectivity index (χ2v) is 7.63. The van der Waals surface area contributed by atoms with Gasteiger partial charge >= 0.3 is 0 Å². The molecule has 4 rings (SSSR count). The van der Waals surface area contributed by atoms with Crippen molar-refractivity contribution in [1.82, 2.24) is 15.0 Å². The van der Waals surface area contributed by atoms with E-state index < -0.39 is 0 Å². The number of anilines is 1. The van der Waals surface area contributed by atoms with E-state index in [4.69, 9.17) is 9.15 Å². The van der Waals surface area contributed by atoms with Crippen molar-refractivity contribution in [2.75, 3.05) is 18.7 Å². The zero-order chi connectivity index (χ0) is 19.7. The Bertz CT molecular complexity index is 1160. The Kier molecular flexibility index (Phi) is 5.01. The van der Waals surface area contributed by atoms with Gasteiger partial charge in [-0.2, -0.15) is 0 Å². The molecule has 28 heavy (non-hydrogen) atoms. The molecular weight excluding hydrogens is 396 g/mol. The summed E-state index contributed by atoms with van der Waals surface area (Å²) >= 11 is 2.77. The summed E-state index contributed by atoms with van der Waals surface area (Å²) in [6.07, 6.45) is 3.43. The fourth-order valence-corrected chi connectivity index (χ4v) is 4.23. The van der Waals surface area contributed by atoms with Crippen LogP contribution in [0.3, 0.4) is 0 Å². The molecule has 1 amide bonds. The van der Waals surface area contributed by atoms with Crippen LogP contribution in [0, 0.1) is 6.92 Å². The van der Waals surface area contributed by atoms with Gasteiger partial charge in [-0.15, -0.1) is 11.8 Å². The normalized spacial score (nSPS) is 11.0. The third-order valence-corrected chi connectivity index (χ3v) is 5.65. The highest BCUT2D eigenvalue weighted by molar-refractivity contribution is 7.98. The van der Waals surface area contributed by atoms with Gasteiger partial charge in [-0.3, -0.25) is 10.1 Å². The standard InChI is InChI=1S/C19H16N4O3S2/c1-10-15(18(27-3)22-16(20-10)13-5-4-8-26-13)17(24)23-19-21-12-7-6-11(25-2)9-14(12)28-19/h4-9H,1-3H3,(H,21,23,24). The third-order valence-electron chi connectivity index (χ3n) is 4.03. The van der Waals surface area contributed by atoms with E-state index in [1.54, 1.807) is 32.4 Å². The number of ether oxygens (including phenoxy) is 1. The number of hydrogen-bond donors (Lipinski definition) is 1. The average Bonchev–Trinajstić information content (AvgIpc) is 3.35. The monoisotopic (exact) mass is 412 g/mol. The Labute approximate surface area is 169 Å². The van der Waals surface area contributed by atoms with Crippen molar-refractivity contribution >= 4 is 44.4 Å². The minimum Gasteiger partial charge on any atom is -0.497 e. The first-order valence-corrected chi connectivity index (χ1v) is 10.4. The number of hydrogen-bond acceptors (Lipinski definition) is 8. The van der Waals surface area contributed by atoms with Crippen molar-refractivity contribution in [1.29, 1.82) is 0 Å². The summed E-state index contributed by atoms with van der Waals surface area (Å²) in [7, 11) is 1.62. The molecule has 0 saturated carbocycles. The number of methoxy groups -OCH3 is 1. The minimum atomic E-state index is -0.293. The van der Waals surface area contributed by atoms with Crippen LogP contribution >= 0.6 is 23.1 Å². The number of nitrogens with zero attached hydrogens (tertiary/aromatic N) is 3. The van der Waals surface area contributed by atoms with Crippen LogP contribution in [-0.2, 0) is 0 Å². The number of furan rings is 1. The molecule has 0 unspecified atom stereocenters. The number of rotatable bonds is 5. The van der Waals surface area contributed by atoms with E-state index in [0.717, 1.165) is 16.0 Å². The number of nitrogens with one attached hydrogen (secondary N) is 1. The quantitative estimate of drug-likeness (QED) is 0.377. The summed E-state index contributed by atoms with van der Waals surface area (Å²) in [5.41, 5.74) is 1.80. The van der Waals surface area contributed by atoms with Crippen molar-refractivity contribution in [2.45, 2.75) is 11.9 Å². The van der Waals surface area contributed by atoms with Gasteiger partial charge in [-0.25, -0.2) is 15.0 Å². The number of benzene rings is 1. The molecule has 3 aromatic heterocycles. The van der Waals surface area contributed by atoms with Crippen LogP contribution in [0.15, 0.2) is 46.0 Å². The summed E-state index contributed by atoms with van der Waals surface area (Å²) in [4.78, 5) is 26.3. The van der Waals surface area contributed by atoms with Gasteiger partial charge in [0.05, 0.1) is 34.8 Å². The highest BCUT2D eigenvalue weighted by Crippen LogP contribution is 2.31. The molecule has 1 aromatic carbocycles. The van der Waals surface area contributed by atoms with Gasteiger partial charge < -0.3 is 9.15 Å². The van der Waals surface area contributed by atoms with Crippen LogP contribution in [0.25, 0.3) is 21.8 Å². The van der Waals surface area contributed by atoms with Gasteiger partial charge in [-0.05, 0) is 43.5 Å². The van der Waals surface area contributed by atoms with E-state index in [0.29, 0.717) is 33.0 Å². The lowest BCUT2D eigenvalue weighted by atomic mass is 10.2. The molecule has 9 heteroatoms. The van der Waals surface area contributed by atoms with E-state index in [9.17, 15) is 4.79 Å². The van der Waals surface area contributed by atoms with Crippen LogP contribution < -0.4 is 10.1 Å². The highest BCUT2D eigenvalue weighted by Gasteiger charge is 2.21. The average molecular weight is 412 g/mol. The first kappa shape index (κ1) is 18.5. The SMILES string of the molecule is COc1ccc2nc(NC(=O)c3c(C)nc(-c4ccco4)nc3SC)sc2c1. The van der Waals surface area contributed by atoms with Crippen molar-refractivity contribution in [3.05, 3.63) is 47.9 Å². The lowest BCUT2D eigenvalue weighted by molar-refractivity contribution is 0.102. The number of carbonyl (C=O) groups excluding carboxylic acids is 1. The van der Waals surface area contributed by atoms with E-state index in [1.807, 2.05) is 24.5 Å². The molecular formula is C19H16N4O3S2. The molecule has 0 aliphatic carbocycles. The molecule has 1 N–H and O–H groups in total. The molecule has 142 valence electrons. The number of thioether (sulfide) groups is 1. The zero-order valence-electron chi connectivity index (χ0n) is 15.3. The Morgan fingerprint density at radius 3 is 2.82 bits per heavy atom. The smallest absolute Gasteiger partial charge is 0.262 e. The van der Waals surface area contributed by atoms with E-state index in [-0.39, 0.29) is 5.91 Å². The maximum absolute atomic E-state index is 12.9. The van der Waals surface area contributed by atoms with Crippen molar-refractivity contribution in [2.24, 2.45) is 0 Å². The Balaban J connectivity index is 1.66. The number of aromatic nitrogens is 3. The number of carbonyl (C=O) groups is 1. The molecule has 0 radical (unpaired) electrons. The largest absolute Gasteiger partial charge is 0.497 e. The van der Waals surface area contributed by atoms with Crippen LogP contribution in [0.5, 0.6) is 5.75 Å². The topological polar surface area (TPSA) is 90.1 Å². The lowest BCUT2D eigenvalue weighted by Crippen LogP contribution is -2.16. The first-order chi connectivity index (χ1) is 13.6. The van der Waals surface area contributed by atoms with Gasteiger partial charge in [0.1, 0.15) is 10.8 Å². The first-order valence-electron chi connectivity index (χ1n) is 8.31. The van der Waals surface area contributed by atoms with Gasteiger partial charge in [0.2, 0.25) is 0 Å². The van der Waals surface area contributed by atoms with Crippen LogP contribution in [0.1, 0.15) is 16.1 Å². The Hall–Kier alpha value is -2.91. The molecule has 0 spiro atoms. The van der Waals surface area contributed by atoms with Gasteiger partial charge in [-0.1, -0.05) is 11.3 Å². The fourth-order valence-electron chi connectivity index (χ4n) is 2.72. The number of fused-ring (bicyclic) bond motifs is 1. The molecule has 0 saturated heterocycles. The zero-order valence-corrected chi connectivity index (χ0v) is 17.0. The summed E-state index contributed by atoms with van der Waals surface area (Å²) < 4.78 is 11.5. The highest BCUT2D eigenvalue weighted by atomic mass is 32.2. The summed E-state index contributed by atoms with van der Waals surface area (Å²) in [6, 6.07) is 9.15. The predicted molar refractivity (Wildman–Crippen MR) is 110 cm³/mol. The van der Waals surface area contributed by atoms with Crippen molar-refractivity contribution < 1.29 is 13.9 Å². The van der Waals surface area contributed by atoms with Crippen LogP contribution in [0.4, 0.5) is 5.13 Å². The van der Waals surface area contributed by atoms with Crippen molar-refractivity contribution in [3.63, 3.8) is 0 Å². The minimum absolute atomic E-state index is 0.293. The van der Waals surface area contributed by atoms with E-state index in [2.05, 4.69) is 20.3 Å². The van der Waals surface area contributed by atoms with E-state index in [1.165, 1.54) is 23.1 Å². The fraction of sp³-hybridized carbons (Fsp3) is 0.158. The maximum atomic E-state index is 12.9. The molecule has 0 aliphatic heterocycles. The Morgan fingerprint density at radius 2 is 2.11 bits per heavy atom. The molecule has 3 heterocycles. The Morgan fingerprint density at radius 1 is 1.25 bits per heavy atom. The number of aryl methyl sites for hydroxylation is 1.